The summed E-state index contributed by atoms with van der Waals surface area (Å²) in [6.07, 6.45) is 2.85. The van der Waals surface area contributed by atoms with Gasteiger partial charge >= 0.3 is 0 Å². The predicted molar refractivity (Wildman–Crippen MR) is 76.8 cm³/mol. The maximum Gasteiger partial charge on any atom is 0.0925 e. The molecule has 2 aliphatic heterocycles. The predicted octanol–water partition coefficient (Wildman–Crippen LogP) is 1.06. The van der Waals surface area contributed by atoms with Crippen molar-refractivity contribution in [3.8, 4) is 0 Å². The average Bonchev–Trinajstić information content (AvgIpc) is 3.16. The van der Waals surface area contributed by atoms with E-state index in [1.54, 1.807) is 0 Å². The van der Waals surface area contributed by atoms with E-state index in [0.29, 0.717) is 18.0 Å². The summed E-state index contributed by atoms with van der Waals surface area (Å²) in [5.41, 5.74) is 10.5. The number of nitrogens with zero attached hydrogens (tertiary/aromatic N) is 1. The highest BCUT2D eigenvalue weighted by Gasteiger charge is 2.38. The fraction of sp³-hybridized carbons (Fsp3) is 0.400. The van der Waals surface area contributed by atoms with Gasteiger partial charge in [-0.1, -0.05) is 30.3 Å². The maximum atomic E-state index is 4.54. The van der Waals surface area contributed by atoms with Crippen LogP contribution in [0.1, 0.15) is 29.0 Å². The quantitative estimate of drug-likeness (QED) is 0.658. The van der Waals surface area contributed by atoms with E-state index in [1.807, 2.05) is 6.33 Å². The second-order valence-corrected chi connectivity index (χ2v) is 5.53. The topological polar surface area (TPSA) is 64.8 Å². The van der Waals surface area contributed by atoms with Gasteiger partial charge in [0.1, 0.15) is 0 Å². The molecule has 1 aromatic carbocycles. The van der Waals surface area contributed by atoms with E-state index in [2.05, 4.69) is 56.5 Å². The number of aromatic nitrogens is 2. The summed E-state index contributed by atoms with van der Waals surface area (Å²) in [5, 5.41) is 3.64. The van der Waals surface area contributed by atoms with E-state index in [9.17, 15) is 0 Å². The Bertz CT molecular complexity index is 579. The van der Waals surface area contributed by atoms with Gasteiger partial charge < -0.3 is 10.3 Å². The van der Waals surface area contributed by atoms with Crippen molar-refractivity contribution in [2.45, 2.75) is 18.5 Å². The standard InChI is InChI=1S/C15H19N5/c1-2-4-10(5-3-1)13-11(8-19-20-13)14-15-12(6-7-16-14)17-9-18-15/h1-5,9,11,13-14,16,19-20H,6-8H2,(H,17,18). The SMILES string of the molecule is c1ccc(C2NNCC2C2NCCc3[nH]cnc32)cc1. The minimum absolute atomic E-state index is 0.303. The zero-order chi connectivity index (χ0) is 13.4. The minimum Gasteiger partial charge on any atom is -0.348 e. The number of nitrogens with one attached hydrogen (secondary N) is 4. The molecule has 5 heteroatoms. The third-order valence-corrected chi connectivity index (χ3v) is 4.40. The molecule has 104 valence electrons. The van der Waals surface area contributed by atoms with E-state index >= 15 is 0 Å². The lowest BCUT2D eigenvalue weighted by Gasteiger charge is -2.31. The molecular formula is C15H19N5. The van der Waals surface area contributed by atoms with Crippen molar-refractivity contribution in [2.75, 3.05) is 13.1 Å². The fourth-order valence-electron chi connectivity index (χ4n) is 3.42. The second-order valence-electron chi connectivity index (χ2n) is 5.53. The van der Waals surface area contributed by atoms with Crippen molar-refractivity contribution < 1.29 is 0 Å². The number of fused-ring (bicyclic) bond motifs is 1. The summed E-state index contributed by atoms with van der Waals surface area (Å²) in [7, 11) is 0. The van der Waals surface area contributed by atoms with E-state index in [0.717, 1.165) is 19.5 Å². The van der Waals surface area contributed by atoms with Gasteiger partial charge in [-0.2, -0.15) is 0 Å². The average molecular weight is 269 g/mol. The first-order valence-electron chi connectivity index (χ1n) is 7.22. The molecule has 1 saturated heterocycles. The minimum atomic E-state index is 0.303. The molecule has 0 amide bonds. The van der Waals surface area contributed by atoms with Gasteiger partial charge in [-0.05, 0) is 5.56 Å². The van der Waals surface area contributed by atoms with E-state index in [1.165, 1.54) is 17.0 Å². The number of H-pyrrole nitrogens is 1. The first-order valence-corrected chi connectivity index (χ1v) is 7.22. The summed E-state index contributed by atoms with van der Waals surface area (Å²) in [4.78, 5) is 7.81. The van der Waals surface area contributed by atoms with Crippen LogP contribution in [0, 0.1) is 5.92 Å². The molecule has 4 rings (SSSR count). The van der Waals surface area contributed by atoms with Crippen LogP contribution >= 0.6 is 0 Å². The summed E-state index contributed by atoms with van der Waals surface area (Å²) in [6.45, 7) is 1.96. The van der Waals surface area contributed by atoms with Crippen LogP contribution in [0.2, 0.25) is 0 Å². The lowest BCUT2D eigenvalue weighted by molar-refractivity contribution is 0.325. The summed E-state index contributed by atoms with van der Waals surface area (Å²) in [6, 6.07) is 11.2. The molecule has 5 nitrogen and oxygen atoms in total. The lowest BCUT2D eigenvalue weighted by Crippen LogP contribution is -2.38. The van der Waals surface area contributed by atoms with Gasteiger partial charge in [0.25, 0.3) is 0 Å². The van der Waals surface area contributed by atoms with Crippen LogP contribution in [-0.4, -0.2) is 23.1 Å². The number of imidazole rings is 1. The number of hydrazine groups is 1. The molecule has 0 radical (unpaired) electrons. The van der Waals surface area contributed by atoms with Crippen LogP contribution < -0.4 is 16.2 Å². The Morgan fingerprint density at radius 2 is 2.00 bits per heavy atom. The van der Waals surface area contributed by atoms with Crippen molar-refractivity contribution >= 4 is 0 Å². The van der Waals surface area contributed by atoms with E-state index < -0.39 is 0 Å². The molecule has 4 N–H and O–H groups in total. The zero-order valence-corrected chi connectivity index (χ0v) is 11.3. The van der Waals surface area contributed by atoms with Crippen LogP contribution in [0.15, 0.2) is 36.7 Å². The Morgan fingerprint density at radius 1 is 1.10 bits per heavy atom. The third kappa shape index (κ3) is 1.95. The Labute approximate surface area is 118 Å². The second kappa shape index (κ2) is 5.01. The highest BCUT2D eigenvalue weighted by atomic mass is 15.4. The monoisotopic (exact) mass is 269 g/mol. The van der Waals surface area contributed by atoms with Gasteiger partial charge in [-0.3, -0.25) is 5.43 Å². The normalized spacial score (nSPS) is 29.3. The van der Waals surface area contributed by atoms with E-state index in [4.69, 9.17) is 0 Å². The van der Waals surface area contributed by atoms with Crippen molar-refractivity contribution in [3.05, 3.63) is 53.6 Å². The molecule has 2 aliphatic rings. The fourth-order valence-corrected chi connectivity index (χ4v) is 3.42. The number of rotatable bonds is 2. The number of hydrogen-bond donors (Lipinski definition) is 4. The molecule has 3 atom stereocenters. The smallest absolute Gasteiger partial charge is 0.0925 e. The molecule has 0 bridgehead atoms. The summed E-state index contributed by atoms with van der Waals surface area (Å²) < 4.78 is 0. The van der Waals surface area contributed by atoms with Crippen LogP contribution in [-0.2, 0) is 6.42 Å². The molecule has 0 spiro atoms. The number of hydrogen-bond acceptors (Lipinski definition) is 4. The Kier molecular flexibility index (Phi) is 3.03. The molecule has 20 heavy (non-hydrogen) atoms. The highest BCUT2D eigenvalue weighted by Crippen LogP contribution is 2.36. The van der Waals surface area contributed by atoms with Gasteiger partial charge in [0.2, 0.25) is 0 Å². The summed E-state index contributed by atoms with van der Waals surface area (Å²) in [5.74, 6) is 0.458. The molecule has 1 fully saturated rings. The molecule has 0 saturated carbocycles. The van der Waals surface area contributed by atoms with Crippen LogP contribution in [0.25, 0.3) is 0 Å². The van der Waals surface area contributed by atoms with Crippen molar-refractivity contribution in [3.63, 3.8) is 0 Å². The van der Waals surface area contributed by atoms with Crippen molar-refractivity contribution in [2.24, 2.45) is 5.92 Å². The van der Waals surface area contributed by atoms with Crippen LogP contribution in [0.4, 0.5) is 0 Å². The van der Waals surface area contributed by atoms with Crippen molar-refractivity contribution in [1.82, 2.24) is 26.1 Å². The van der Waals surface area contributed by atoms with E-state index in [-0.39, 0.29) is 0 Å². The largest absolute Gasteiger partial charge is 0.348 e. The van der Waals surface area contributed by atoms with Crippen LogP contribution in [0.3, 0.4) is 0 Å². The molecule has 1 aromatic heterocycles. The zero-order valence-electron chi connectivity index (χ0n) is 11.3. The number of benzene rings is 1. The van der Waals surface area contributed by atoms with Gasteiger partial charge in [-0.15, -0.1) is 0 Å². The van der Waals surface area contributed by atoms with Gasteiger partial charge in [-0.25, -0.2) is 10.4 Å². The third-order valence-electron chi connectivity index (χ3n) is 4.40. The first kappa shape index (κ1) is 12.1. The maximum absolute atomic E-state index is 4.54. The number of aromatic amines is 1. The lowest BCUT2D eigenvalue weighted by atomic mass is 9.85. The van der Waals surface area contributed by atoms with Crippen LogP contribution in [0.5, 0.6) is 0 Å². The molecule has 2 aromatic rings. The van der Waals surface area contributed by atoms with Crippen molar-refractivity contribution in [1.29, 1.82) is 0 Å². The van der Waals surface area contributed by atoms with Gasteiger partial charge in [0.15, 0.2) is 0 Å². The summed E-state index contributed by atoms with van der Waals surface area (Å²) >= 11 is 0. The molecular weight excluding hydrogens is 250 g/mol. The van der Waals surface area contributed by atoms with Gasteiger partial charge in [0, 0.05) is 31.1 Å². The Morgan fingerprint density at radius 3 is 2.90 bits per heavy atom. The first-order chi connectivity index (χ1) is 9.93. The van der Waals surface area contributed by atoms with Gasteiger partial charge in [0.05, 0.1) is 24.1 Å². The molecule has 3 heterocycles. The molecule has 3 unspecified atom stereocenters. The highest BCUT2D eigenvalue weighted by molar-refractivity contribution is 5.26. The Balaban J connectivity index is 1.66. The Hall–Kier alpha value is -1.69. The molecule has 0 aliphatic carbocycles.